The smallest absolute Gasteiger partial charge is 0.257 e. The fourth-order valence-corrected chi connectivity index (χ4v) is 2.00. The molecule has 1 N–H and O–H groups in total. The highest BCUT2D eigenvalue weighted by Gasteiger charge is 2.25. The molecule has 0 aromatic carbocycles. The third kappa shape index (κ3) is 1.91. The van der Waals surface area contributed by atoms with Gasteiger partial charge in [-0.25, -0.2) is 0 Å². The maximum Gasteiger partial charge on any atom is 0.257 e. The molecule has 0 aliphatic carbocycles. The summed E-state index contributed by atoms with van der Waals surface area (Å²) in [6.45, 7) is 3.10. The summed E-state index contributed by atoms with van der Waals surface area (Å²) in [6.07, 6.45) is 3.35. The van der Waals surface area contributed by atoms with Gasteiger partial charge in [0.25, 0.3) is 5.91 Å². The quantitative estimate of drug-likeness (QED) is 0.767. The number of amides is 1. The van der Waals surface area contributed by atoms with E-state index < -0.39 is 0 Å². The maximum absolute atomic E-state index is 12.1. The fraction of sp³-hybridized carbons (Fsp3) is 0.545. The van der Waals surface area contributed by atoms with E-state index in [4.69, 9.17) is 5.26 Å². The van der Waals surface area contributed by atoms with Gasteiger partial charge < -0.3 is 4.90 Å². The zero-order chi connectivity index (χ0) is 11.5. The summed E-state index contributed by atoms with van der Waals surface area (Å²) in [5, 5.41) is 15.5. The molecule has 1 unspecified atom stereocenters. The van der Waals surface area contributed by atoms with Crippen molar-refractivity contribution in [3.05, 3.63) is 17.5 Å². The van der Waals surface area contributed by atoms with Crippen molar-refractivity contribution in [1.29, 1.82) is 5.26 Å². The van der Waals surface area contributed by atoms with E-state index in [0.717, 1.165) is 25.1 Å². The minimum Gasteiger partial charge on any atom is -0.337 e. The second kappa shape index (κ2) is 4.35. The Hall–Kier alpha value is -1.83. The summed E-state index contributed by atoms with van der Waals surface area (Å²) in [5.74, 6) is -0.0453. The molecule has 0 saturated carbocycles. The van der Waals surface area contributed by atoms with Gasteiger partial charge >= 0.3 is 0 Å². The minimum absolute atomic E-state index is 0.0220. The molecular formula is C11H14N4O. The monoisotopic (exact) mass is 218 g/mol. The van der Waals surface area contributed by atoms with E-state index >= 15 is 0 Å². The maximum atomic E-state index is 12.1. The van der Waals surface area contributed by atoms with Crippen LogP contribution in [0.2, 0.25) is 0 Å². The van der Waals surface area contributed by atoms with Crippen molar-refractivity contribution in [3.8, 4) is 6.07 Å². The second-order valence-electron chi connectivity index (χ2n) is 4.13. The molecule has 5 heteroatoms. The van der Waals surface area contributed by atoms with Gasteiger partial charge in [-0.3, -0.25) is 9.89 Å². The molecule has 1 aromatic heterocycles. The van der Waals surface area contributed by atoms with Crippen molar-refractivity contribution in [1.82, 2.24) is 15.1 Å². The molecule has 1 saturated heterocycles. The predicted molar refractivity (Wildman–Crippen MR) is 57.6 cm³/mol. The van der Waals surface area contributed by atoms with Gasteiger partial charge in [0.15, 0.2) is 0 Å². The number of aromatic nitrogens is 2. The number of hydrogen-bond donors (Lipinski definition) is 1. The lowest BCUT2D eigenvalue weighted by Gasteiger charge is -2.29. The predicted octanol–water partition coefficient (Wildman–Crippen LogP) is 1.09. The molecule has 1 aromatic rings. The largest absolute Gasteiger partial charge is 0.337 e. The third-order valence-corrected chi connectivity index (χ3v) is 2.95. The van der Waals surface area contributed by atoms with Crippen LogP contribution < -0.4 is 0 Å². The second-order valence-corrected chi connectivity index (χ2v) is 4.13. The summed E-state index contributed by atoms with van der Waals surface area (Å²) in [6, 6.07) is 2.23. The van der Waals surface area contributed by atoms with E-state index in [0.29, 0.717) is 12.1 Å². The zero-order valence-electron chi connectivity index (χ0n) is 9.23. The lowest BCUT2D eigenvalue weighted by atomic mass is 9.99. The Bertz CT molecular complexity index is 431. The fourth-order valence-electron chi connectivity index (χ4n) is 2.00. The molecule has 1 amide bonds. The summed E-state index contributed by atoms with van der Waals surface area (Å²) in [7, 11) is 0. The van der Waals surface area contributed by atoms with Gasteiger partial charge in [0.2, 0.25) is 0 Å². The molecular weight excluding hydrogens is 204 g/mol. The van der Waals surface area contributed by atoms with Crippen LogP contribution in [0, 0.1) is 24.2 Å². The van der Waals surface area contributed by atoms with Crippen LogP contribution in [0.1, 0.15) is 28.9 Å². The Kier molecular flexibility index (Phi) is 2.91. The van der Waals surface area contributed by atoms with Gasteiger partial charge in [-0.15, -0.1) is 0 Å². The van der Waals surface area contributed by atoms with Crippen LogP contribution in [0.5, 0.6) is 0 Å². The van der Waals surface area contributed by atoms with Crippen molar-refractivity contribution in [2.24, 2.45) is 5.92 Å². The lowest BCUT2D eigenvalue weighted by molar-refractivity contribution is 0.0698. The van der Waals surface area contributed by atoms with Crippen LogP contribution in [0.3, 0.4) is 0 Å². The van der Waals surface area contributed by atoms with Crippen LogP contribution in [0.15, 0.2) is 6.20 Å². The molecule has 0 radical (unpaired) electrons. The molecule has 1 aliphatic heterocycles. The highest BCUT2D eigenvalue weighted by atomic mass is 16.2. The normalized spacial score (nSPS) is 20.5. The zero-order valence-corrected chi connectivity index (χ0v) is 9.23. The van der Waals surface area contributed by atoms with Crippen molar-refractivity contribution >= 4 is 5.91 Å². The molecule has 5 nitrogen and oxygen atoms in total. The molecule has 84 valence electrons. The van der Waals surface area contributed by atoms with Gasteiger partial charge in [-0.05, 0) is 19.8 Å². The minimum atomic E-state index is -0.0232. The van der Waals surface area contributed by atoms with Gasteiger partial charge in [-0.2, -0.15) is 10.4 Å². The highest BCUT2D eigenvalue weighted by molar-refractivity contribution is 5.95. The van der Waals surface area contributed by atoms with Crippen LogP contribution >= 0.6 is 0 Å². The first-order valence-electron chi connectivity index (χ1n) is 5.41. The van der Waals surface area contributed by atoms with Crippen LogP contribution in [-0.4, -0.2) is 34.1 Å². The third-order valence-electron chi connectivity index (χ3n) is 2.95. The molecule has 1 atom stereocenters. The van der Waals surface area contributed by atoms with Gasteiger partial charge in [-0.1, -0.05) is 0 Å². The number of carbonyl (C=O) groups excluding carboxylic acids is 1. The van der Waals surface area contributed by atoms with E-state index in [-0.39, 0.29) is 11.8 Å². The molecule has 0 spiro atoms. The van der Waals surface area contributed by atoms with E-state index in [1.807, 2.05) is 6.92 Å². The average Bonchev–Trinajstić information content (AvgIpc) is 2.74. The van der Waals surface area contributed by atoms with Crippen LogP contribution in [0.4, 0.5) is 0 Å². The molecule has 1 fully saturated rings. The summed E-state index contributed by atoms with van der Waals surface area (Å²) in [5.41, 5.74) is 1.39. The molecule has 2 rings (SSSR count). The SMILES string of the molecule is Cc1[nH]ncc1C(=O)N1CCCC(C#N)C1. The summed E-state index contributed by atoms with van der Waals surface area (Å²) in [4.78, 5) is 13.8. The van der Waals surface area contributed by atoms with Gasteiger partial charge in [0.05, 0.1) is 23.7 Å². The van der Waals surface area contributed by atoms with Crippen LogP contribution in [0.25, 0.3) is 0 Å². The number of aromatic amines is 1. The van der Waals surface area contributed by atoms with E-state index in [1.165, 1.54) is 0 Å². The number of H-pyrrole nitrogens is 1. The van der Waals surface area contributed by atoms with Gasteiger partial charge in [0.1, 0.15) is 0 Å². The average molecular weight is 218 g/mol. The molecule has 0 bridgehead atoms. The Labute approximate surface area is 94.1 Å². The number of nitrogens with zero attached hydrogens (tertiary/aromatic N) is 3. The van der Waals surface area contributed by atoms with E-state index in [1.54, 1.807) is 11.1 Å². The van der Waals surface area contributed by atoms with E-state index in [2.05, 4.69) is 16.3 Å². The number of hydrogen-bond acceptors (Lipinski definition) is 3. The standard InChI is InChI=1S/C11H14N4O/c1-8-10(6-13-14-8)11(16)15-4-2-3-9(5-12)7-15/h6,9H,2-4,7H2,1H3,(H,13,14). The number of aryl methyl sites for hydroxylation is 1. The number of piperidine rings is 1. The first-order chi connectivity index (χ1) is 7.72. The van der Waals surface area contributed by atoms with Crippen molar-refractivity contribution in [3.63, 3.8) is 0 Å². The molecule has 1 aliphatic rings. The first-order valence-corrected chi connectivity index (χ1v) is 5.41. The number of rotatable bonds is 1. The van der Waals surface area contributed by atoms with E-state index in [9.17, 15) is 4.79 Å². The Balaban J connectivity index is 2.11. The van der Waals surface area contributed by atoms with Crippen molar-refractivity contribution in [2.45, 2.75) is 19.8 Å². The van der Waals surface area contributed by atoms with Crippen molar-refractivity contribution in [2.75, 3.05) is 13.1 Å². The topological polar surface area (TPSA) is 72.8 Å². The summed E-state index contributed by atoms with van der Waals surface area (Å²) < 4.78 is 0. The van der Waals surface area contributed by atoms with Gasteiger partial charge in [0, 0.05) is 18.8 Å². The lowest BCUT2D eigenvalue weighted by Crippen LogP contribution is -2.39. The Morgan fingerprint density at radius 3 is 3.19 bits per heavy atom. The number of nitriles is 1. The molecule has 2 heterocycles. The Morgan fingerprint density at radius 2 is 2.56 bits per heavy atom. The van der Waals surface area contributed by atoms with Crippen molar-refractivity contribution < 1.29 is 4.79 Å². The van der Waals surface area contributed by atoms with Crippen LogP contribution in [-0.2, 0) is 0 Å². The number of carbonyl (C=O) groups is 1. The highest BCUT2D eigenvalue weighted by Crippen LogP contribution is 2.18. The Morgan fingerprint density at radius 1 is 1.75 bits per heavy atom. The first kappa shape index (κ1) is 10.7. The molecule has 16 heavy (non-hydrogen) atoms. The number of likely N-dealkylation sites (tertiary alicyclic amines) is 1. The number of nitrogens with one attached hydrogen (secondary N) is 1. The summed E-state index contributed by atoms with van der Waals surface area (Å²) >= 11 is 0.